The Morgan fingerprint density at radius 3 is 2.69 bits per heavy atom. The summed E-state index contributed by atoms with van der Waals surface area (Å²) < 4.78 is 31.0. The highest BCUT2D eigenvalue weighted by Gasteiger charge is 2.40. The molecule has 2 saturated heterocycles. The Bertz CT molecular complexity index is 1490. The Hall–Kier alpha value is -3.14. The van der Waals surface area contributed by atoms with Crippen molar-refractivity contribution in [2.75, 3.05) is 44.3 Å². The molecule has 0 spiro atoms. The van der Waals surface area contributed by atoms with Gasteiger partial charge in [0.15, 0.2) is 5.78 Å². The van der Waals surface area contributed by atoms with Crippen LogP contribution < -0.4 is 4.90 Å². The number of aromatic nitrogens is 1. The number of benzene rings is 2. The number of piperidine rings is 1. The first kappa shape index (κ1) is 20.0. The fraction of sp³-hybridized carbons (Fsp3) is 0.467. The molecule has 0 unspecified atom stereocenters. The highest BCUT2D eigenvalue weighted by Crippen LogP contribution is 2.46. The third kappa shape index (κ3) is 3.56. The number of anilines is 1. The predicted molar refractivity (Wildman–Crippen MR) is 142 cm³/mol. The van der Waals surface area contributed by atoms with Crippen LogP contribution in [0.3, 0.4) is 0 Å². The Kier molecular flexibility index (Phi) is 4.86. The van der Waals surface area contributed by atoms with Gasteiger partial charge in [-0.15, -0.1) is 0 Å². The van der Waals surface area contributed by atoms with Crippen molar-refractivity contribution in [3.05, 3.63) is 63.8 Å². The van der Waals surface area contributed by atoms with Crippen LogP contribution in [0.25, 0.3) is 10.9 Å². The molecule has 3 aromatic rings. The first-order chi connectivity index (χ1) is 18.7. The number of H-pyrrole nitrogens is 1. The summed E-state index contributed by atoms with van der Waals surface area (Å²) >= 11 is 0. The second kappa shape index (κ2) is 8.76. The van der Waals surface area contributed by atoms with Gasteiger partial charge in [0.1, 0.15) is 0 Å². The van der Waals surface area contributed by atoms with Crippen LogP contribution in [0.1, 0.15) is 76.0 Å². The average molecular weight is 486 g/mol. The molecular weight excluding hydrogens is 448 g/mol. The Morgan fingerprint density at radius 2 is 1.97 bits per heavy atom. The summed E-state index contributed by atoms with van der Waals surface area (Å²) in [6.45, 7) is 8.80. The lowest BCUT2D eigenvalue weighted by atomic mass is 9.70. The van der Waals surface area contributed by atoms with Crippen LogP contribution in [0, 0.1) is 11.3 Å². The molecule has 0 amide bonds. The second-order valence-corrected chi connectivity index (χ2v) is 10.7. The SMILES string of the molecule is [2H]CC([2H])([2H])c1cc2c(cc1N1CCC(N3CCOCC3)CC1)C(C)(C)c1[nH]c3cc(C#N)ccc3c1C2=O. The fourth-order valence-electron chi connectivity index (χ4n) is 6.35. The van der Waals surface area contributed by atoms with Crippen LogP contribution in [0.5, 0.6) is 0 Å². The van der Waals surface area contributed by atoms with Crippen molar-refractivity contribution in [1.82, 2.24) is 9.88 Å². The molecule has 1 N–H and O–H groups in total. The number of rotatable bonds is 3. The summed E-state index contributed by atoms with van der Waals surface area (Å²) in [6.07, 6.45) is 0.0737. The van der Waals surface area contributed by atoms with Gasteiger partial charge in [-0.2, -0.15) is 5.26 Å². The molecule has 2 aliphatic heterocycles. The fourth-order valence-corrected chi connectivity index (χ4v) is 6.35. The number of nitrogens with zero attached hydrogens (tertiary/aromatic N) is 3. The van der Waals surface area contributed by atoms with E-state index in [1.165, 1.54) is 0 Å². The quantitative estimate of drug-likeness (QED) is 0.578. The van der Waals surface area contributed by atoms with E-state index in [-0.39, 0.29) is 5.78 Å². The van der Waals surface area contributed by atoms with Crippen molar-refractivity contribution in [1.29, 1.82) is 5.26 Å². The van der Waals surface area contributed by atoms with Gasteiger partial charge in [-0.1, -0.05) is 26.8 Å². The van der Waals surface area contributed by atoms with Gasteiger partial charge in [0, 0.05) is 69.6 Å². The van der Waals surface area contributed by atoms with Gasteiger partial charge in [0.25, 0.3) is 0 Å². The molecule has 2 aromatic carbocycles. The molecule has 0 radical (unpaired) electrons. The molecule has 3 heterocycles. The first-order valence-electron chi connectivity index (χ1n) is 14.5. The summed E-state index contributed by atoms with van der Waals surface area (Å²) in [5.74, 6) is -0.144. The molecular formula is C30H34N4O2. The average Bonchev–Trinajstić information content (AvgIpc) is 3.36. The molecule has 6 heteroatoms. The maximum absolute atomic E-state index is 14.0. The number of carbonyl (C=O) groups excluding carboxylic acids is 1. The van der Waals surface area contributed by atoms with E-state index in [0.29, 0.717) is 28.3 Å². The topological polar surface area (TPSA) is 72.4 Å². The predicted octanol–water partition coefficient (Wildman–Crippen LogP) is 4.77. The molecule has 3 aliphatic rings. The Labute approximate surface area is 217 Å². The molecule has 2 fully saturated rings. The van der Waals surface area contributed by atoms with E-state index < -0.39 is 18.7 Å². The van der Waals surface area contributed by atoms with Crippen LogP contribution in [0.15, 0.2) is 30.3 Å². The summed E-state index contributed by atoms with van der Waals surface area (Å²) in [5.41, 5.74) is 4.70. The minimum Gasteiger partial charge on any atom is -0.379 e. The van der Waals surface area contributed by atoms with Crippen LogP contribution in [-0.2, 0) is 16.5 Å². The molecule has 36 heavy (non-hydrogen) atoms. The number of nitrogens with one attached hydrogen (secondary N) is 1. The number of aryl methyl sites for hydroxylation is 1. The van der Waals surface area contributed by atoms with Crippen molar-refractivity contribution in [2.24, 2.45) is 0 Å². The van der Waals surface area contributed by atoms with Crippen LogP contribution in [-0.4, -0.2) is 61.1 Å². The van der Waals surface area contributed by atoms with E-state index in [4.69, 9.17) is 8.85 Å². The molecule has 1 aromatic heterocycles. The van der Waals surface area contributed by atoms with E-state index in [1.54, 1.807) is 18.2 Å². The second-order valence-electron chi connectivity index (χ2n) is 10.7. The highest BCUT2D eigenvalue weighted by molar-refractivity contribution is 6.20. The maximum atomic E-state index is 14.0. The molecule has 6 nitrogen and oxygen atoms in total. The number of hydrogen-bond acceptors (Lipinski definition) is 5. The van der Waals surface area contributed by atoms with Gasteiger partial charge < -0.3 is 14.6 Å². The van der Waals surface area contributed by atoms with Crippen LogP contribution in [0.4, 0.5) is 5.69 Å². The first-order valence-corrected chi connectivity index (χ1v) is 12.8. The Morgan fingerprint density at radius 1 is 1.19 bits per heavy atom. The van der Waals surface area contributed by atoms with E-state index in [0.717, 1.165) is 80.1 Å². The van der Waals surface area contributed by atoms with Crippen LogP contribution in [0.2, 0.25) is 0 Å². The van der Waals surface area contributed by atoms with Gasteiger partial charge in [-0.05, 0) is 54.6 Å². The normalized spacial score (nSPS) is 21.9. The molecule has 186 valence electrons. The third-order valence-corrected chi connectivity index (χ3v) is 8.39. The minimum atomic E-state index is -1.89. The highest BCUT2D eigenvalue weighted by atomic mass is 16.5. The van der Waals surface area contributed by atoms with Gasteiger partial charge in [-0.25, -0.2) is 0 Å². The van der Waals surface area contributed by atoms with Crippen molar-refractivity contribution in [2.45, 2.75) is 51.4 Å². The number of carbonyl (C=O) groups is 1. The lowest BCUT2D eigenvalue weighted by Gasteiger charge is -2.42. The maximum Gasteiger partial charge on any atom is 0.195 e. The standard InChI is InChI=1S/C30H34N4O2/c1-4-20-16-23-24(17-26(20)34-9-7-21(8-10-34)33-11-13-36-14-12-33)30(2,3)29-27(28(23)35)22-6-5-19(18-31)15-25(22)32-29/h5-6,15-17,21,32H,4,7-14H2,1-3H3/i1D,4D2. The van der Waals surface area contributed by atoms with E-state index >= 15 is 0 Å². The van der Waals surface area contributed by atoms with Crippen molar-refractivity contribution < 1.29 is 13.6 Å². The van der Waals surface area contributed by atoms with Crippen LogP contribution >= 0.6 is 0 Å². The number of nitriles is 1. The van der Waals surface area contributed by atoms with Crippen molar-refractivity contribution in [3.8, 4) is 6.07 Å². The van der Waals surface area contributed by atoms with Crippen molar-refractivity contribution >= 4 is 22.4 Å². The number of ether oxygens (including phenoxy) is 1. The zero-order chi connectivity index (χ0) is 27.5. The smallest absolute Gasteiger partial charge is 0.195 e. The van der Waals surface area contributed by atoms with E-state index in [9.17, 15) is 10.1 Å². The molecule has 0 saturated carbocycles. The summed E-state index contributed by atoms with van der Waals surface area (Å²) in [5, 5.41) is 10.1. The minimum absolute atomic E-state index is 0.144. The van der Waals surface area contributed by atoms with Gasteiger partial charge >= 0.3 is 0 Å². The molecule has 1 aliphatic carbocycles. The molecule has 6 rings (SSSR count). The summed E-state index contributed by atoms with van der Waals surface area (Å²) in [6, 6.07) is 11.7. The van der Waals surface area contributed by atoms with E-state index in [1.807, 2.05) is 12.1 Å². The molecule has 0 bridgehead atoms. The summed E-state index contributed by atoms with van der Waals surface area (Å²) in [4.78, 5) is 22.2. The lowest BCUT2D eigenvalue weighted by molar-refractivity contribution is 0.0115. The van der Waals surface area contributed by atoms with Gasteiger partial charge in [-0.3, -0.25) is 9.69 Å². The number of hydrogen-bond donors (Lipinski definition) is 1. The zero-order valence-electron chi connectivity index (χ0n) is 24.0. The number of aromatic amines is 1. The van der Waals surface area contributed by atoms with Gasteiger partial charge in [0.05, 0.1) is 30.4 Å². The number of ketones is 1. The lowest BCUT2D eigenvalue weighted by Crippen LogP contribution is -2.49. The number of morpholine rings is 1. The molecule has 0 atom stereocenters. The largest absolute Gasteiger partial charge is 0.379 e. The third-order valence-electron chi connectivity index (χ3n) is 8.39. The number of fused-ring (bicyclic) bond motifs is 4. The van der Waals surface area contributed by atoms with Gasteiger partial charge in [0.2, 0.25) is 0 Å². The Balaban J connectivity index is 1.43. The summed E-state index contributed by atoms with van der Waals surface area (Å²) in [7, 11) is 0. The monoisotopic (exact) mass is 485 g/mol. The van der Waals surface area contributed by atoms with E-state index in [2.05, 4.69) is 34.7 Å². The van der Waals surface area contributed by atoms with Crippen molar-refractivity contribution in [3.63, 3.8) is 0 Å². The zero-order valence-corrected chi connectivity index (χ0v) is 21.0.